The lowest BCUT2D eigenvalue weighted by Gasteiger charge is -2.41. The van der Waals surface area contributed by atoms with E-state index in [1.807, 2.05) is 19.1 Å². The number of hydrogen-bond acceptors (Lipinski definition) is 11. The van der Waals surface area contributed by atoms with Gasteiger partial charge >= 0.3 is 0 Å². The first-order valence-electron chi connectivity index (χ1n) is 15.9. The molecule has 3 aromatic rings. The number of rotatable bonds is 7. The molecule has 1 spiro atoms. The number of benzene rings is 1. The molecule has 6 atom stereocenters. The van der Waals surface area contributed by atoms with Gasteiger partial charge in [-0.25, -0.2) is 4.39 Å². The molecule has 238 valence electrons. The van der Waals surface area contributed by atoms with Gasteiger partial charge in [-0.2, -0.15) is 15.2 Å². The highest BCUT2D eigenvalue weighted by atomic mass is 19.1. The number of nitrogens with two attached hydrogens (primary N) is 1. The molecule has 0 amide bonds. The zero-order valence-electron chi connectivity index (χ0n) is 26.0. The van der Waals surface area contributed by atoms with Crippen LogP contribution in [-0.2, 0) is 23.0 Å². The summed E-state index contributed by atoms with van der Waals surface area (Å²) in [7, 11) is 3.79. The molecular weight excluding hydrogens is 577 g/mol. The van der Waals surface area contributed by atoms with Crippen LogP contribution in [0.15, 0.2) is 22.7 Å². The van der Waals surface area contributed by atoms with E-state index in [-0.39, 0.29) is 30.7 Å². The van der Waals surface area contributed by atoms with Crippen molar-refractivity contribution in [3.8, 4) is 29.3 Å². The summed E-state index contributed by atoms with van der Waals surface area (Å²) >= 11 is 0. The van der Waals surface area contributed by atoms with Gasteiger partial charge in [-0.3, -0.25) is 4.90 Å². The average Bonchev–Trinajstić information content (AvgIpc) is 3.76. The third-order valence-corrected chi connectivity index (χ3v) is 10.2. The first-order valence-corrected chi connectivity index (χ1v) is 15.9. The van der Waals surface area contributed by atoms with Crippen molar-refractivity contribution in [1.29, 1.82) is 5.26 Å². The number of fused-ring (bicyclic) bond motifs is 4. The number of nitrogens with zero attached hydrogens (tertiary/aromatic N) is 5. The van der Waals surface area contributed by atoms with Gasteiger partial charge in [-0.05, 0) is 76.1 Å². The van der Waals surface area contributed by atoms with E-state index in [1.165, 1.54) is 0 Å². The summed E-state index contributed by atoms with van der Waals surface area (Å²) in [6.07, 6.45) is 4.05. The van der Waals surface area contributed by atoms with E-state index < -0.39 is 17.7 Å². The second-order valence-corrected chi connectivity index (χ2v) is 12.9. The molecule has 0 saturated carbocycles. The molecule has 4 aliphatic rings. The van der Waals surface area contributed by atoms with E-state index in [2.05, 4.69) is 28.5 Å². The molecule has 0 radical (unpaired) electrons. The van der Waals surface area contributed by atoms with Crippen LogP contribution in [0.25, 0.3) is 11.5 Å². The Morgan fingerprint density at radius 3 is 2.73 bits per heavy atom. The van der Waals surface area contributed by atoms with Crippen molar-refractivity contribution in [2.75, 3.05) is 39.5 Å². The fraction of sp³-hybridized carbons (Fsp3) is 0.576. The van der Waals surface area contributed by atoms with E-state index in [0.29, 0.717) is 35.2 Å². The zero-order chi connectivity index (χ0) is 31.3. The van der Waals surface area contributed by atoms with Crippen LogP contribution in [0.2, 0.25) is 0 Å². The summed E-state index contributed by atoms with van der Waals surface area (Å²) in [4.78, 5) is 11.8. The number of hydrogen-bond donors (Lipinski definition) is 2. The highest BCUT2D eigenvalue weighted by molar-refractivity contribution is 5.67. The third kappa shape index (κ3) is 5.20. The second kappa shape index (κ2) is 11.9. The fourth-order valence-electron chi connectivity index (χ4n) is 7.99. The van der Waals surface area contributed by atoms with E-state index >= 15 is 0 Å². The third-order valence-electron chi connectivity index (χ3n) is 10.2. The predicted molar refractivity (Wildman–Crippen MR) is 164 cm³/mol. The van der Waals surface area contributed by atoms with Crippen LogP contribution < -0.4 is 20.5 Å². The Bertz CT molecular complexity index is 1620. The molecule has 2 aliphatic carbocycles. The maximum Gasteiger partial charge on any atom is 0.221 e. The van der Waals surface area contributed by atoms with Crippen LogP contribution in [0.3, 0.4) is 0 Å². The van der Waals surface area contributed by atoms with Crippen LogP contribution >= 0.6 is 0 Å². The summed E-state index contributed by atoms with van der Waals surface area (Å²) in [5, 5.41) is 17.7. The molecule has 2 aliphatic heterocycles. The molecule has 0 unspecified atom stereocenters. The monoisotopic (exact) mass is 617 g/mol. The van der Waals surface area contributed by atoms with Crippen molar-refractivity contribution in [2.24, 2.45) is 0 Å². The Hall–Kier alpha value is -3.79. The largest absolute Gasteiger partial charge is 0.473 e. The summed E-state index contributed by atoms with van der Waals surface area (Å²) in [6.45, 7) is 3.44. The van der Waals surface area contributed by atoms with Crippen molar-refractivity contribution >= 4 is 5.69 Å². The standard InChI is InChI=1S/C33H40FN7O4/c1-18(25-12-20(42-3)17-41(25)2)43-27-13-28(44-26-16-37-15-23(26)34)39-32(38-27)30-21-7-5-11-33(31(21)45-40-30)10-4-6-19-8-9-24(36)22(14-35)29(19)33/h8-9,13,18,20,23,25-26,37H,4-7,10-12,15-17,36H2,1-3H3/t18-,20+,23-,25-,26+,33+/m0/s1. The summed E-state index contributed by atoms with van der Waals surface area (Å²) in [5.74, 6) is 1.59. The van der Waals surface area contributed by atoms with Crippen molar-refractivity contribution in [3.63, 3.8) is 0 Å². The molecule has 7 rings (SSSR count). The summed E-state index contributed by atoms with van der Waals surface area (Å²) < 4.78 is 38.9. The lowest BCUT2D eigenvalue weighted by atomic mass is 9.61. The minimum absolute atomic E-state index is 0.125. The Labute approximate surface area is 262 Å². The van der Waals surface area contributed by atoms with Gasteiger partial charge < -0.3 is 29.8 Å². The van der Waals surface area contributed by atoms with Crippen molar-refractivity contribution in [3.05, 3.63) is 46.2 Å². The van der Waals surface area contributed by atoms with Crippen LogP contribution in [0, 0.1) is 11.3 Å². The molecule has 0 bridgehead atoms. The number of nitrogens with one attached hydrogen (secondary N) is 1. The molecule has 4 heterocycles. The predicted octanol–water partition coefficient (Wildman–Crippen LogP) is 3.72. The van der Waals surface area contributed by atoms with E-state index in [0.717, 1.165) is 73.9 Å². The molecule has 2 fully saturated rings. The maximum absolute atomic E-state index is 14.6. The number of anilines is 1. The Morgan fingerprint density at radius 1 is 1.20 bits per heavy atom. The quantitative estimate of drug-likeness (QED) is 0.374. The van der Waals surface area contributed by atoms with Gasteiger partial charge in [0.05, 0.1) is 23.1 Å². The van der Waals surface area contributed by atoms with Crippen LogP contribution in [0.5, 0.6) is 11.8 Å². The minimum Gasteiger partial charge on any atom is -0.473 e. The van der Waals surface area contributed by atoms with Crippen LogP contribution in [-0.4, -0.2) is 84.3 Å². The number of nitrogen functional groups attached to an aromatic ring is 1. The van der Waals surface area contributed by atoms with Crippen LogP contribution in [0.4, 0.5) is 10.1 Å². The summed E-state index contributed by atoms with van der Waals surface area (Å²) in [5.41, 5.74) is 10.3. The van der Waals surface area contributed by atoms with Gasteiger partial charge in [0.15, 0.2) is 23.5 Å². The maximum atomic E-state index is 14.6. The summed E-state index contributed by atoms with van der Waals surface area (Å²) in [6, 6.07) is 8.00. The van der Waals surface area contributed by atoms with Gasteiger partial charge in [0.1, 0.15) is 18.3 Å². The highest BCUT2D eigenvalue weighted by Gasteiger charge is 2.48. The number of aryl methyl sites for hydroxylation is 1. The van der Waals surface area contributed by atoms with Crippen molar-refractivity contribution in [2.45, 2.75) is 87.8 Å². The molecule has 11 nitrogen and oxygen atoms in total. The van der Waals surface area contributed by atoms with Gasteiger partial charge in [0.2, 0.25) is 11.8 Å². The Kier molecular flexibility index (Phi) is 7.88. The fourth-order valence-corrected chi connectivity index (χ4v) is 7.99. The van der Waals surface area contributed by atoms with E-state index in [9.17, 15) is 9.65 Å². The van der Waals surface area contributed by atoms with Crippen LogP contribution in [0.1, 0.15) is 67.0 Å². The number of alkyl halides is 1. The van der Waals surface area contributed by atoms with E-state index in [1.54, 1.807) is 13.2 Å². The Morgan fingerprint density at radius 2 is 2.00 bits per heavy atom. The molecule has 2 saturated heterocycles. The zero-order valence-corrected chi connectivity index (χ0v) is 26.0. The molecule has 1 aromatic carbocycles. The number of likely N-dealkylation sites (N-methyl/N-ethyl adjacent to an activating group) is 1. The van der Waals surface area contributed by atoms with Crippen molar-refractivity contribution < 1.29 is 23.1 Å². The van der Waals surface area contributed by atoms with Crippen molar-refractivity contribution in [1.82, 2.24) is 25.3 Å². The SMILES string of the molecule is CO[C@@H]1C[C@@H]([C@H](C)Oc2cc(O[C@@H]3CNC[C@@H]3F)nc(-c3noc4c3CCC[C@@]43CCCc4ccc(N)c(C#N)c43)n2)N(C)C1. The first-order chi connectivity index (χ1) is 21.8. The number of nitriles is 1. The number of halogens is 1. The number of methoxy groups -OCH3 is 1. The highest BCUT2D eigenvalue weighted by Crippen LogP contribution is 2.53. The first kappa shape index (κ1) is 29.9. The molecule has 3 N–H and O–H groups in total. The van der Waals surface area contributed by atoms with Gasteiger partial charge in [0, 0.05) is 44.0 Å². The van der Waals surface area contributed by atoms with Gasteiger partial charge in [0.25, 0.3) is 0 Å². The molecule has 2 aromatic heterocycles. The minimum atomic E-state index is -1.15. The molecule has 45 heavy (non-hydrogen) atoms. The second-order valence-electron chi connectivity index (χ2n) is 12.9. The molecular formula is C33H40FN7O4. The normalized spacial score (nSPS) is 28.4. The average molecular weight is 618 g/mol. The number of likely N-dealkylation sites (tertiary alicyclic amines) is 1. The van der Waals surface area contributed by atoms with Gasteiger partial charge in [-0.1, -0.05) is 11.2 Å². The van der Waals surface area contributed by atoms with E-state index in [4.69, 9.17) is 34.4 Å². The lowest BCUT2D eigenvalue weighted by Crippen LogP contribution is -2.38. The lowest BCUT2D eigenvalue weighted by molar-refractivity contribution is 0.107. The Balaban J connectivity index is 1.28. The number of aromatic nitrogens is 3. The topological polar surface area (TPSA) is 145 Å². The van der Waals surface area contributed by atoms with Gasteiger partial charge in [-0.15, -0.1) is 0 Å². The molecule has 12 heteroatoms. The number of ether oxygens (including phenoxy) is 3. The smallest absolute Gasteiger partial charge is 0.221 e.